The molecule has 0 saturated carbocycles. The lowest BCUT2D eigenvalue weighted by Gasteiger charge is -2.15. The largest absolute Gasteiger partial charge is 0.490 e. The third-order valence-electron chi connectivity index (χ3n) is 4.74. The van der Waals surface area contributed by atoms with Crippen molar-refractivity contribution < 1.29 is 19.0 Å². The smallest absolute Gasteiger partial charge is 0.266 e. The summed E-state index contributed by atoms with van der Waals surface area (Å²) in [7, 11) is 0. The van der Waals surface area contributed by atoms with Gasteiger partial charge < -0.3 is 19.5 Å². The molecule has 1 amide bonds. The molecule has 3 aromatic carbocycles. The Morgan fingerprint density at radius 1 is 1.03 bits per heavy atom. The van der Waals surface area contributed by atoms with Gasteiger partial charge in [0.1, 0.15) is 24.0 Å². The summed E-state index contributed by atoms with van der Waals surface area (Å²) >= 11 is 3.41. The van der Waals surface area contributed by atoms with Crippen LogP contribution in [0.1, 0.15) is 31.9 Å². The fourth-order valence-electron chi connectivity index (χ4n) is 3.13. The summed E-state index contributed by atoms with van der Waals surface area (Å²) in [6.45, 7) is 6.65. The van der Waals surface area contributed by atoms with Crippen molar-refractivity contribution >= 4 is 33.6 Å². The van der Waals surface area contributed by atoms with Crippen LogP contribution in [0.3, 0.4) is 0 Å². The number of nitrogens with zero attached hydrogens (tertiary/aromatic N) is 1. The molecule has 0 aromatic heterocycles. The van der Waals surface area contributed by atoms with Gasteiger partial charge in [0.05, 0.1) is 12.7 Å². The molecule has 0 heterocycles. The van der Waals surface area contributed by atoms with E-state index in [1.807, 2.05) is 51.1 Å². The van der Waals surface area contributed by atoms with Gasteiger partial charge in [0.2, 0.25) is 0 Å². The summed E-state index contributed by atoms with van der Waals surface area (Å²) in [6.07, 6.45) is 1.51. The lowest BCUT2D eigenvalue weighted by Crippen LogP contribution is -2.13. The molecule has 0 saturated heterocycles. The van der Waals surface area contributed by atoms with E-state index in [1.54, 1.807) is 42.5 Å². The first-order valence-electron chi connectivity index (χ1n) is 11.2. The van der Waals surface area contributed by atoms with Crippen LogP contribution >= 0.6 is 15.9 Å². The van der Waals surface area contributed by atoms with Gasteiger partial charge in [0, 0.05) is 10.2 Å². The first kappa shape index (κ1) is 25.9. The van der Waals surface area contributed by atoms with Gasteiger partial charge in [0.15, 0.2) is 11.5 Å². The van der Waals surface area contributed by atoms with Gasteiger partial charge in [0.25, 0.3) is 5.91 Å². The Labute approximate surface area is 214 Å². The number of anilines is 1. The maximum absolute atomic E-state index is 12.7. The maximum Gasteiger partial charge on any atom is 0.266 e. The quantitative estimate of drug-likeness (QED) is 0.229. The average molecular weight is 535 g/mol. The molecule has 35 heavy (non-hydrogen) atoms. The number of amides is 1. The van der Waals surface area contributed by atoms with Crippen molar-refractivity contribution in [3.63, 3.8) is 0 Å². The number of benzene rings is 3. The van der Waals surface area contributed by atoms with Gasteiger partial charge in [-0.05, 0) is 86.5 Å². The maximum atomic E-state index is 12.7. The molecular weight excluding hydrogens is 508 g/mol. The van der Waals surface area contributed by atoms with Gasteiger partial charge >= 0.3 is 0 Å². The first-order valence-corrected chi connectivity index (χ1v) is 12.0. The molecular formula is C28H27BrN2O4. The van der Waals surface area contributed by atoms with E-state index in [9.17, 15) is 10.1 Å². The Kier molecular flexibility index (Phi) is 9.33. The van der Waals surface area contributed by atoms with E-state index < -0.39 is 5.91 Å². The fraction of sp³-hybridized carbons (Fsp3) is 0.214. The Hall–Kier alpha value is -3.76. The van der Waals surface area contributed by atoms with E-state index in [4.69, 9.17) is 14.2 Å². The summed E-state index contributed by atoms with van der Waals surface area (Å²) in [5, 5.41) is 12.3. The van der Waals surface area contributed by atoms with Crippen LogP contribution < -0.4 is 19.5 Å². The second-order valence-corrected chi connectivity index (χ2v) is 8.78. The SMILES string of the molecule is CCOc1cc(/C=C(\C#N)C(=O)Nc2ccc(OCc3ccc(Br)cc3)cc2)ccc1OC(C)C. The highest BCUT2D eigenvalue weighted by Gasteiger charge is 2.12. The van der Waals surface area contributed by atoms with Gasteiger partial charge in [-0.15, -0.1) is 0 Å². The number of nitriles is 1. The van der Waals surface area contributed by atoms with Crippen LogP contribution in [0.4, 0.5) is 5.69 Å². The Morgan fingerprint density at radius 2 is 1.74 bits per heavy atom. The van der Waals surface area contributed by atoms with Crippen molar-refractivity contribution in [2.45, 2.75) is 33.5 Å². The zero-order valence-corrected chi connectivity index (χ0v) is 21.5. The van der Waals surface area contributed by atoms with E-state index in [2.05, 4.69) is 21.2 Å². The number of hydrogen-bond donors (Lipinski definition) is 1. The van der Waals surface area contributed by atoms with Crippen LogP contribution in [0.15, 0.2) is 76.8 Å². The van der Waals surface area contributed by atoms with E-state index in [1.165, 1.54) is 6.08 Å². The van der Waals surface area contributed by atoms with Crippen LogP contribution in [0, 0.1) is 11.3 Å². The van der Waals surface area contributed by atoms with Gasteiger partial charge in [-0.3, -0.25) is 4.79 Å². The molecule has 0 bridgehead atoms. The average Bonchev–Trinajstić information content (AvgIpc) is 2.84. The molecule has 0 fully saturated rings. The molecule has 3 aromatic rings. The highest BCUT2D eigenvalue weighted by molar-refractivity contribution is 9.10. The van der Waals surface area contributed by atoms with Gasteiger partial charge in [-0.2, -0.15) is 5.26 Å². The van der Waals surface area contributed by atoms with E-state index in [0.29, 0.717) is 41.7 Å². The number of halogens is 1. The monoisotopic (exact) mass is 534 g/mol. The predicted octanol–water partition coefficient (Wildman–Crippen LogP) is 6.76. The molecule has 0 aliphatic heterocycles. The second kappa shape index (κ2) is 12.6. The number of carbonyl (C=O) groups excluding carboxylic acids is 1. The molecule has 0 atom stereocenters. The zero-order chi connectivity index (χ0) is 25.2. The minimum atomic E-state index is -0.503. The normalized spacial score (nSPS) is 11.0. The first-order chi connectivity index (χ1) is 16.9. The topological polar surface area (TPSA) is 80.6 Å². The Bertz CT molecular complexity index is 1210. The summed E-state index contributed by atoms with van der Waals surface area (Å²) < 4.78 is 18.2. The third-order valence-corrected chi connectivity index (χ3v) is 5.27. The summed E-state index contributed by atoms with van der Waals surface area (Å²) in [6, 6.07) is 22.2. The van der Waals surface area contributed by atoms with Crippen LogP contribution in [-0.4, -0.2) is 18.6 Å². The van der Waals surface area contributed by atoms with Crippen molar-refractivity contribution in [1.29, 1.82) is 5.26 Å². The molecule has 6 nitrogen and oxygen atoms in total. The lowest BCUT2D eigenvalue weighted by atomic mass is 10.1. The van der Waals surface area contributed by atoms with Crippen molar-refractivity contribution in [3.05, 3.63) is 87.9 Å². The highest BCUT2D eigenvalue weighted by atomic mass is 79.9. The van der Waals surface area contributed by atoms with Crippen molar-refractivity contribution in [1.82, 2.24) is 0 Å². The number of carbonyl (C=O) groups is 1. The summed E-state index contributed by atoms with van der Waals surface area (Å²) in [5.41, 5.74) is 2.24. The molecule has 0 aliphatic rings. The highest BCUT2D eigenvalue weighted by Crippen LogP contribution is 2.30. The van der Waals surface area contributed by atoms with Crippen molar-refractivity contribution in [2.24, 2.45) is 0 Å². The Morgan fingerprint density at radius 3 is 2.37 bits per heavy atom. The molecule has 0 unspecified atom stereocenters. The molecule has 1 N–H and O–H groups in total. The predicted molar refractivity (Wildman–Crippen MR) is 141 cm³/mol. The molecule has 0 spiro atoms. The minimum absolute atomic E-state index is 0.00592. The third kappa shape index (κ3) is 7.90. The molecule has 180 valence electrons. The Balaban J connectivity index is 1.66. The number of ether oxygens (including phenoxy) is 3. The zero-order valence-electron chi connectivity index (χ0n) is 19.9. The number of rotatable bonds is 10. The van der Waals surface area contributed by atoms with Crippen molar-refractivity contribution in [2.75, 3.05) is 11.9 Å². The van der Waals surface area contributed by atoms with Crippen LogP contribution in [0.2, 0.25) is 0 Å². The minimum Gasteiger partial charge on any atom is -0.490 e. The van der Waals surface area contributed by atoms with Crippen LogP contribution in [0.25, 0.3) is 6.08 Å². The van der Waals surface area contributed by atoms with Crippen LogP contribution in [0.5, 0.6) is 17.2 Å². The van der Waals surface area contributed by atoms with E-state index in [0.717, 1.165) is 10.0 Å². The molecule has 7 heteroatoms. The molecule has 0 aliphatic carbocycles. The van der Waals surface area contributed by atoms with Gasteiger partial charge in [-0.1, -0.05) is 34.1 Å². The summed E-state index contributed by atoms with van der Waals surface area (Å²) in [4.78, 5) is 12.7. The van der Waals surface area contributed by atoms with Gasteiger partial charge in [-0.25, -0.2) is 0 Å². The van der Waals surface area contributed by atoms with Crippen molar-refractivity contribution in [3.8, 4) is 23.3 Å². The fourth-order valence-corrected chi connectivity index (χ4v) is 3.39. The van der Waals surface area contributed by atoms with Crippen LogP contribution in [-0.2, 0) is 11.4 Å². The van der Waals surface area contributed by atoms with E-state index >= 15 is 0 Å². The molecule has 0 radical (unpaired) electrons. The second-order valence-electron chi connectivity index (χ2n) is 7.87. The summed E-state index contributed by atoms with van der Waals surface area (Å²) in [5.74, 6) is 1.35. The number of hydrogen-bond acceptors (Lipinski definition) is 5. The van der Waals surface area contributed by atoms with E-state index in [-0.39, 0.29) is 11.7 Å². The molecule has 3 rings (SSSR count). The standard InChI is InChI=1S/C28H27BrN2O4/c1-4-33-27-16-21(7-14-26(27)35-19(2)3)15-22(17-30)28(32)31-24-10-12-25(13-11-24)34-18-20-5-8-23(29)9-6-20/h5-16,19H,4,18H2,1-3H3,(H,31,32)/b22-15+. The number of nitrogens with one attached hydrogen (secondary N) is 1. The lowest BCUT2D eigenvalue weighted by molar-refractivity contribution is -0.112.